The van der Waals surface area contributed by atoms with E-state index >= 15 is 0 Å². The van der Waals surface area contributed by atoms with E-state index in [0.29, 0.717) is 17.2 Å². The maximum atomic E-state index is 12.7. The maximum absolute atomic E-state index is 12.7. The molecule has 0 atom stereocenters. The number of nitrogens with one attached hydrogen (secondary N) is 1. The van der Waals surface area contributed by atoms with E-state index in [1.165, 1.54) is 26.4 Å². The molecule has 156 valence electrons. The van der Waals surface area contributed by atoms with E-state index in [4.69, 9.17) is 9.47 Å². The molecule has 0 aliphatic heterocycles. The van der Waals surface area contributed by atoms with Gasteiger partial charge in [-0.05, 0) is 18.2 Å². The van der Waals surface area contributed by atoms with Gasteiger partial charge in [-0.2, -0.15) is 5.10 Å². The molecule has 0 saturated carbocycles. The zero-order valence-electron chi connectivity index (χ0n) is 16.2. The summed E-state index contributed by atoms with van der Waals surface area (Å²) in [5, 5.41) is 6.15. The van der Waals surface area contributed by atoms with E-state index in [1.807, 2.05) is 0 Å². The summed E-state index contributed by atoms with van der Waals surface area (Å²) in [5.41, 5.74) is -0.224. The van der Waals surface area contributed by atoms with Crippen molar-refractivity contribution in [2.75, 3.05) is 19.5 Å². The molecule has 1 amide bonds. The van der Waals surface area contributed by atoms with Gasteiger partial charge in [0.15, 0.2) is 5.03 Å². The first kappa shape index (κ1) is 21.1. The highest BCUT2D eigenvalue weighted by molar-refractivity contribution is 7.91. The third-order valence-corrected chi connectivity index (χ3v) is 5.76. The monoisotopic (exact) mass is 429 g/mol. The van der Waals surface area contributed by atoms with Crippen LogP contribution in [-0.2, 0) is 21.2 Å². The van der Waals surface area contributed by atoms with Gasteiger partial charge < -0.3 is 14.8 Å². The molecular weight excluding hydrogens is 410 g/mol. The summed E-state index contributed by atoms with van der Waals surface area (Å²) in [7, 11) is -0.977. The van der Waals surface area contributed by atoms with Gasteiger partial charge in [-0.3, -0.25) is 9.59 Å². The third-order valence-electron chi connectivity index (χ3n) is 4.10. The molecule has 9 nitrogen and oxygen atoms in total. The molecule has 0 aliphatic carbocycles. The largest absolute Gasteiger partial charge is 0.497 e. The van der Waals surface area contributed by atoms with Gasteiger partial charge in [0, 0.05) is 30.0 Å². The van der Waals surface area contributed by atoms with Gasteiger partial charge in [0.1, 0.15) is 18.0 Å². The van der Waals surface area contributed by atoms with Crippen LogP contribution in [0.15, 0.2) is 75.4 Å². The van der Waals surface area contributed by atoms with Crippen molar-refractivity contribution >= 4 is 21.4 Å². The Morgan fingerprint density at radius 3 is 2.23 bits per heavy atom. The zero-order valence-corrected chi connectivity index (χ0v) is 17.0. The summed E-state index contributed by atoms with van der Waals surface area (Å²) >= 11 is 0. The minimum absolute atomic E-state index is 0.0376. The van der Waals surface area contributed by atoms with Crippen molar-refractivity contribution < 1.29 is 22.7 Å². The molecule has 10 heteroatoms. The lowest BCUT2D eigenvalue weighted by Gasteiger charge is -2.11. The number of methoxy groups -OCH3 is 2. The smallest absolute Gasteiger partial charge is 0.267 e. The predicted molar refractivity (Wildman–Crippen MR) is 109 cm³/mol. The molecule has 1 N–H and O–H groups in total. The van der Waals surface area contributed by atoms with Crippen LogP contribution in [0.25, 0.3) is 0 Å². The fourth-order valence-corrected chi connectivity index (χ4v) is 3.83. The van der Waals surface area contributed by atoms with Crippen molar-refractivity contribution in [2.45, 2.75) is 16.5 Å². The summed E-state index contributed by atoms with van der Waals surface area (Å²) < 4.78 is 36.5. The molecule has 30 heavy (non-hydrogen) atoms. The van der Waals surface area contributed by atoms with Crippen LogP contribution in [0.4, 0.5) is 5.69 Å². The fourth-order valence-electron chi connectivity index (χ4n) is 2.62. The topological polar surface area (TPSA) is 117 Å². The highest BCUT2D eigenvalue weighted by atomic mass is 32.2. The minimum atomic E-state index is -3.93. The Labute approximate surface area is 172 Å². The van der Waals surface area contributed by atoms with Gasteiger partial charge in [0.05, 0.1) is 19.1 Å². The lowest BCUT2D eigenvalue weighted by atomic mass is 10.2. The molecule has 3 rings (SSSR count). The lowest BCUT2D eigenvalue weighted by Crippen LogP contribution is -2.30. The first-order chi connectivity index (χ1) is 14.3. The van der Waals surface area contributed by atoms with Crippen molar-refractivity contribution in [1.82, 2.24) is 9.78 Å². The Morgan fingerprint density at radius 2 is 1.63 bits per heavy atom. The number of carbonyl (C=O) groups is 1. The average molecular weight is 429 g/mol. The highest BCUT2D eigenvalue weighted by Crippen LogP contribution is 2.25. The summed E-state index contributed by atoms with van der Waals surface area (Å²) in [6.07, 6.45) is 0. The summed E-state index contributed by atoms with van der Waals surface area (Å²) in [4.78, 5) is 24.6. The molecule has 0 spiro atoms. The SMILES string of the molecule is COc1cc(NC(=O)Cn2nc(S(=O)(=O)c3ccccc3)ccc2=O)cc(OC)c1. The van der Waals surface area contributed by atoms with E-state index in [2.05, 4.69) is 10.4 Å². The van der Waals surface area contributed by atoms with E-state index in [0.717, 1.165) is 16.8 Å². The molecule has 3 aromatic rings. The molecule has 2 aromatic carbocycles. The molecule has 0 aliphatic rings. The second kappa shape index (κ2) is 8.78. The van der Waals surface area contributed by atoms with Crippen LogP contribution in [-0.4, -0.2) is 38.3 Å². The van der Waals surface area contributed by atoms with Crippen LogP contribution in [0, 0.1) is 0 Å². The fraction of sp³-hybridized carbons (Fsp3) is 0.150. The number of hydrogen-bond donors (Lipinski definition) is 1. The summed E-state index contributed by atoms with van der Waals surface area (Å²) in [5.74, 6) is 0.362. The third kappa shape index (κ3) is 4.66. The van der Waals surface area contributed by atoms with Crippen LogP contribution in [0.5, 0.6) is 11.5 Å². The van der Waals surface area contributed by atoms with Crippen molar-refractivity contribution in [3.05, 3.63) is 71.0 Å². The Balaban J connectivity index is 1.85. The Morgan fingerprint density at radius 1 is 1.00 bits per heavy atom. The number of nitrogens with zero attached hydrogens (tertiary/aromatic N) is 2. The van der Waals surface area contributed by atoms with Crippen molar-refractivity contribution in [3.8, 4) is 11.5 Å². The van der Waals surface area contributed by atoms with Gasteiger partial charge in [-0.1, -0.05) is 18.2 Å². The standard InChI is InChI=1S/C20H19N3O6S/c1-28-15-10-14(11-16(12-15)29-2)21-18(24)13-23-20(25)9-8-19(22-23)30(26,27)17-6-4-3-5-7-17/h3-12H,13H2,1-2H3,(H,21,24). The number of carbonyl (C=O) groups excluding carboxylic acids is 1. The molecule has 1 aromatic heterocycles. The molecule has 0 radical (unpaired) electrons. The van der Waals surface area contributed by atoms with Crippen molar-refractivity contribution in [1.29, 1.82) is 0 Å². The van der Waals surface area contributed by atoms with Gasteiger partial charge in [-0.15, -0.1) is 0 Å². The van der Waals surface area contributed by atoms with Crippen LogP contribution in [0.2, 0.25) is 0 Å². The molecule has 1 heterocycles. The Kier molecular flexibility index (Phi) is 6.17. The zero-order chi connectivity index (χ0) is 21.7. The van der Waals surface area contributed by atoms with Crippen molar-refractivity contribution in [2.24, 2.45) is 0 Å². The quantitative estimate of drug-likeness (QED) is 0.608. The molecule has 0 unspecified atom stereocenters. The Bertz CT molecular complexity index is 1200. The van der Waals surface area contributed by atoms with Gasteiger partial charge in [-0.25, -0.2) is 13.1 Å². The number of ether oxygens (including phenoxy) is 2. The normalized spacial score (nSPS) is 11.0. The summed E-state index contributed by atoms with van der Waals surface area (Å²) in [6.45, 7) is -0.476. The van der Waals surface area contributed by atoms with Crippen LogP contribution in [0.3, 0.4) is 0 Å². The van der Waals surface area contributed by atoms with E-state index in [1.54, 1.807) is 36.4 Å². The molecular formula is C20H19N3O6S. The number of hydrogen-bond acceptors (Lipinski definition) is 7. The first-order valence-corrected chi connectivity index (χ1v) is 10.2. The van der Waals surface area contributed by atoms with Crippen LogP contribution >= 0.6 is 0 Å². The highest BCUT2D eigenvalue weighted by Gasteiger charge is 2.20. The van der Waals surface area contributed by atoms with Gasteiger partial charge in [0.2, 0.25) is 15.7 Å². The first-order valence-electron chi connectivity index (χ1n) is 8.74. The number of anilines is 1. The number of amides is 1. The minimum Gasteiger partial charge on any atom is -0.497 e. The maximum Gasteiger partial charge on any atom is 0.267 e. The Hall–Kier alpha value is -3.66. The second-order valence-electron chi connectivity index (χ2n) is 6.13. The second-order valence-corrected chi connectivity index (χ2v) is 8.03. The molecule has 0 bridgehead atoms. The van der Waals surface area contributed by atoms with E-state index in [-0.39, 0.29) is 9.92 Å². The number of sulfone groups is 1. The lowest BCUT2D eigenvalue weighted by molar-refractivity contribution is -0.117. The summed E-state index contributed by atoms with van der Waals surface area (Å²) in [6, 6.07) is 14.7. The van der Waals surface area contributed by atoms with E-state index < -0.39 is 27.8 Å². The molecule has 0 saturated heterocycles. The van der Waals surface area contributed by atoms with Gasteiger partial charge in [0.25, 0.3) is 5.56 Å². The van der Waals surface area contributed by atoms with Gasteiger partial charge >= 0.3 is 0 Å². The van der Waals surface area contributed by atoms with Crippen molar-refractivity contribution in [3.63, 3.8) is 0 Å². The van der Waals surface area contributed by atoms with Crippen LogP contribution in [0.1, 0.15) is 0 Å². The molecule has 0 fully saturated rings. The number of rotatable bonds is 7. The predicted octanol–water partition coefficient (Wildman–Crippen LogP) is 1.73. The average Bonchev–Trinajstić information content (AvgIpc) is 2.75. The van der Waals surface area contributed by atoms with E-state index in [9.17, 15) is 18.0 Å². The number of benzene rings is 2. The van der Waals surface area contributed by atoms with Crippen LogP contribution < -0.4 is 20.3 Å². The number of aromatic nitrogens is 2.